The number of halogens is 9. The zero-order chi connectivity index (χ0) is 23.8. The SMILES string of the molecule is NC1CCC(NC(=O)c2cc(C(F)(F)F)cc(C(F)(F)F)c2OC(=O)C(F)(F)F)CC1. The van der Waals surface area contributed by atoms with Gasteiger partial charge < -0.3 is 15.8 Å². The van der Waals surface area contributed by atoms with Crippen molar-refractivity contribution in [3.05, 3.63) is 28.8 Å². The Bertz CT molecular complexity index is 839. The van der Waals surface area contributed by atoms with Crippen molar-refractivity contribution in [3.8, 4) is 5.75 Å². The second-order valence-corrected chi connectivity index (χ2v) is 6.87. The standard InChI is InChI=1S/C17H15F9N2O3/c18-15(19,20)7-5-10(13(29)28-9-3-1-8(27)2-4-9)12(11(6-7)16(21,22)23)31-14(30)17(24,25)26/h5-6,8-9H,1-4,27H2,(H,28,29). The number of nitrogens with one attached hydrogen (secondary N) is 1. The summed E-state index contributed by atoms with van der Waals surface area (Å²) in [7, 11) is 0. The minimum atomic E-state index is -5.77. The lowest BCUT2D eigenvalue weighted by Crippen LogP contribution is -2.41. The van der Waals surface area contributed by atoms with E-state index in [0.29, 0.717) is 12.8 Å². The third-order valence-electron chi connectivity index (χ3n) is 4.50. The van der Waals surface area contributed by atoms with Crippen LogP contribution in [0.4, 0.5) is 39.5 Å². The van der Waals surface area contributed by atoms with Gasteiger partial charge in [-0.2, -0.15) is 39.5 Å². The van der Waals surface area contributed by atoms with E-state index in [2.05, 4.69) is 10.1 Å². The number of nitrogens with two attached hydrogens (primary N) is 1. The number of hydrogen-bond acceptors (Lipinski definition) is 4. The number of carbonyl (C=O) groups is 2. The van der Waals surface area contributed by atoms with Crippen molar-refractivity contribution in [3.63, 3.8) is 0 Å². The van der Waals surface area contributed by atoms with Gasteiger partial charge in [0.25, 0.3) is 5.91 Å². The minimum absolute atomic E-state index is 0.0991. The molecule has 0 aliphatic heterocycles. The molecule has 1 fully saturated rings. The van der Waals surface area contributed by atoms with E-state index in [4.69, 9.17) is 5.73 Å². The van der Waals surface area contributed by atoms with Crippen molar-refractivity contribution in [1.82, 2.24) is 5.32 Å². The van der Waals surface area contributed by atoms with Crippen molar-refractivity contribution in [2.45, 2.75) is 56.3 Å². The zero-order valence-electron chi connectivity index (χ0n) is 15.3. The number of benzene rings is 1. The molecule has 0 saturated heterocycles. The van der Waals surface area contributed by atoms with Crippen molar-refractivity contribution in [2.24, 2.45) is 5.73 Å². The summed E-state index contributed by atoms with van der Waals surface area (Å²) in [4.78, 5) is 23.6. The molecule has 3 N–H and O–H groups in total. The topological polar surface area (TPSA) is 81.4 Å². The Kier molecular flexibility index (Phi) is 6.83. The summed E-state index contributed by atoms with van der Waals surface area (Å²) in [5.74, 6) is -6.65. The van der Waals surface area contributed by atoms with E-state index in [1.54, 1.807) is 0 Å². The summed E-state index contributed by atoms with van der Waals surface area (Å²) >= 11 is 0. The van der Waals surface area contributed by atoms with Gasteiger partial charge in [-0.05, 0) is 37.8 Å². The van der Waals surface area contributed by atoms with Crippen molar-refractivity contribution < 1.29 is 53.8 Å². The molecule has 0 atom stereocenters. The Labute approximate surface area is 168 Å². The van der Waals surface area contributed by atoms with Gasteiger partial charge >= 0.3 is 24.5 Å². The van der Waals surface area contributed by atoms with Crippen LogP contribution in [-0.2, 0) is 17.1 Å². The van der Waals surface area contributed by atoms with Crippen molar-refractivity contribution in [2.75, 3.05) is 0 Å². The molecule has 1 aromatic carbocycles. The van der Waals surface area contributed by atoms with E-state index in [0.717, 1.165) is 0 Å². The van der Waals surface area contributed by atoms with Gasteiger partial charge in [0.15, 0.2) is 5.75 Å². The van der Waals surface area contributed by atoms with E-state index in [9.17, 15) is 49.1 Å². The predicted octanol–water partition coefficient (Wildman–Crippen LogP) is 4.19. The molecule has 1 saturated carbocycles. The molecule has 1 aliphatic carbocycles. The van der Waals surface area contributed by atoms with E-state index < -0.39 is 65.0 Å². The highest BCUT2D eigenvalue weighted by atomic mass is 19.4. The van der Waals surface area contributed by atoms with Crippen molar-refractivity contribution >= 4 is 11.9 Å². The highest BCUT2D eigenvalue weighted by Crippen LogP contribution is 2.43. The lowest BCUT2D eigenvalue weighted by Gasteiger charge is -2.27. The smallest absolute Gasteiger partial charge is 0.418 e. The van der Waals surface area contributed by atoms with Crippen LogP contribution in [0, 0.1) is 0 Å². The Morgan fingerprint density at radius 2 is 1.45 bits per heavy atom. The molecule has 1 aliphatic rings. The van der Waals surface area contributed by atoms with Gasteiger partial charge in [0, 0.05) is 12.1 Å². The maximum Gasteiger partial charge on any atom is 0.491 e. The third kappa shape index (κ3) is 6.24. The van der Waals surface area contributed by atoms with Crippen LogP contribution < -0.4 is 15.8 Å². The molecule has 0 spiro atoms. The molecule has 1 aromatic rings. The molecule has 2 rings (SSSR count). The molecule has 14 heteroatoms. The van der Waals surface area contributed by atoms with Gasteiger partial charge in [-0.25, -0.2) is 4.79 Å². The highest BCUT2D eigenvalue weighted by Gasteiger charge is 2.46. The first kappa shape index (κ1) is 24.8. The number of amides is 1. The molecule has 5 nitrogen and oxygen atoms in total. The number of alkyl halides is 9. The van der Waals surface area contributed by atoms with Crippen molar-refractivity contribution in [1.29, 1.82) is 0 Å². The van der Waals surface area contributed by atoms with Gasteiger partial charge in [0.2, 0.25) is 0 Å². The Balaban J connectivity index is 2.58. The molecular formula is C17H15F9N2O3. The van der Waals surface area contributed by atoms with E-state index >= 15 is 0 Å². The van der Waals surface area contributed by atoms with Gasteiger partial charge in [-0.15, -0.1) is 0 Å². The summed E-state index contributed by atoms with van der Waals surface area (Å²) in [6, 6.07) is -1.53. The Morgan fingerprint density at radius 3 is 1.90 bits per heavy atom. The molecule has 31 heavy (non-hydrogen) atoms. The van der Waals surface area contributed by atoms with Crippen LogP contribution in [-0.4, -0.2) is 30.1 Å². The average molecular weight is 466 g/mol. The van der Waals surface area contributed by atoms with E-state index in [1.165, 1.54) is 0 Å². The maximum absolute atomic E-state index is 13.3. The van der Waals surface area contributed by atoms with Gasteiger partial charge in [-0.1, -0.05) is 0 Å². The number of ether oxygens (including phenoxy) is 1. The van der Waals surface area contributed by atoms with E-state index in [-0.39, 0.29) is 24.9 Å². The fourth-order valence-corrected chi connectivity index (χ4v) is 2.96. The lowest BCUT2D eigenvalue weighted by atomic mass is 9.91. The average Bonchev–Trinajstić information content (AvgIpc) is 2.60. The summed E-state index contributed by atoms with van der Waals surface area (Å²) in [5, 5.41) is 2.16. The first-order valence-corrected chi connectivity index (χ1v) is 8.68. The van der Waals surface area contributed by atoms with Crippen LogP contribution in [0.15, 0.2) is 12.1 Å². The molecule has 1 amide bonds. The summed E-state index contributed by atoms with van der Waals surface area (Å²) in [5.41, 5.74) is -0.145. The molecule has 0 aromatic heterocycles. The number of rotatable bonds is 3. The molecular weight excluding hydrogens is 451 g/mol. The van der Waals surface area contributed by atoms with Crippen LogP contribution in [0.1, 0.15) is 47.2 Å². The maximum atomic E-state index is 13.3. The molecule has 0 heterocycles. The molecule has 0 radical (unpaired) electrons. The lowest BCUT2D eigenvalue weighted by molar-refractivity contribution is -0.190. The summed E-state index contributed by atoms with van der Waals surface area (Å²) in [6.07, 6.45) is -15.5. The first-order valence-electron chi connectivity index (χ1n) is 8.68. The number of esters is 1. The fraction of sp³-hybridized carbons (Fsp3) is 0.529. The summed E-state index contributed by atoms with van der Waals surface area (Å²) < 4.78 is 121. The molecule has 174 valence electrons. The normalized spacial score (nSPS) is 20.3. The van der Waals surface area contributed by atoms with Crippen LogP contribution in [0.5, 0.6) is 5.75 Å². The number of carbonyl (C=O) groups excluding carboxylic acids is 2. The van der Waals surface area contributed by atoms with Gasteiger partial charge in [0.05, 0.1) is 16.7 Å². The van der Waals surface area contributed by atoms with Crippen LogP contribution in [0.25, 0.3) is 0 Å². The molecule has 0 bridgehead atoms. The largest absolute Gasteiger partial charge is 0.491 e. The monoisotopic (exact) mass is 466 g/mol. The molecule has 0 unspecified atom stereocenters. The Morgan fingerprint density at radius 1 is 0.903 bits per heavy atom. The van der Waals surface area contributed by atoms with Crippen LogP contribution in [0.3, 0.4) is 0 Å². The second-order valence-electron chi connectivity index (χ2n) is 6.87. The summed E-state index contributed by atoms with van der Waals surface area (Å²) in [6.45, 7) is 0. The van der Waals surface area contributed by atoms with Gasteiger partial charge in [0.1, 0.15) is 0 Å². The zero-order valence-corrected chi connectivity index (χ0v) is 15.3. The third-order valence-corrected chi connectivity index (χ3v) is 4.50. The Hall–Kier alpha value is -2.51. The fourth-order valence-electron chi connectivity index (χ4n) is 2.96. The quantitative estimate of drug-likeness (QED) is 0.398. The highest BCUT2D eigenvalue weighted by molar-refractivity contribution is 5.99. The second kappa shape index (κ2) is 8.55. The van der Waals surface area contributed by atoms with Gasteiger partial charge in [-0.3, -0.25) is 4.79 Å². The van der Waals surface area contributed by atoms with Crippen LogP contribution >= 0.6 is 0 Å². The first-order chi connectivity index (χ1) is 14.0. The van der Waals surface area contributed by atoms with E-state index in [1.807, 2.05) is 0 Å². The van der Waals surface area contributed by atoms with Crippen LogP contribution in [0.2, 0.25) is 0 Å². The predicted molar refractivity (Wildman–Crippen MR) is 85.8 cm³/mol. The minimum Gasteiger partial charge on any atom is -0.418 e. The number of hydrogen-bond donors (Lipinski definition) is 2.